The molecule has 196 valence electrons. The summed E-state index contributed by atoms with van der Waals surface area (Å²) in [6.45, 7) is 17.8. The molecular weight excluding hydrogens is 618 g/mol. The summed E-state index contributed by atoms with van der Waals surface area (Å²) in [5.74, 6) is 1.71. The van der Waals surface area contributed by atoms with Crippen molar-refractivity contribution in [2.45, 2.75) is 85.5 Å². The van der Waals surface area contributed by atoms with Crippen LogP contribution in [0, 0.1) is 0 Å². The molecule has 0 N–H and O–H groups in total. The zero-order valence-corrected chi connectivity index (χ0v) is 26.9. The van der Waals surface area contributed by atoms with E-state index in [1.54, 1.807) is 0 Å². The molecule has 0 unspecified atom stereocenters. The molecule has 2 aromatic carbocycles. The van der Waals surface area contributed by atoms with Crippen LogP contribution in [-0.4, -0.2) is 18.1 Å². The predicted octanol–water partition coefficient (Wildman–Crippen LogP) is 10.7. The van der Waals surface area contributed by atoms with Crippen molar-refractivity contribution in [2.75, 3.05) is 0 Å². The average molecular weight is 657 g/mol. The van der Waals surface area contributed by atoms with Crippen LogP contribution in [0.25, 0.3) is 0 Å². The molecular formula is C30H39Br2FeN3. The normalized spacial score (nSPS) is 13.9. The van der Waals surface area contributed by atoms with E-state index in [9.17, 15) is 0 Å². The van der Waals surface area contributed by atoms with Gasteiger partial charge < -0.3 is 0 Å². The molecule has 0 fully saturated rings. The van der Waals surface area contributed by atoms with Crippen LogP contribution in [0.4, 0.5) is 11.4 Å². The Morgan fingerprint density at radius 3 is 1.42 bits per heavy atom. The van der Waals surface area contributed by atoms with Crippen LogP contribution in [-0.2, 0) is 11.3 Å². The molecule has 2 aromatic rings. The van der Waals surface area contributed by atoms with Gasteiger partial charge >= 0.3 is 39.6 Å². The summed E-state index contributed by atoms with van der Waals surface area (Å²) >= 11 is 7.00. The molecule has 1 aliphatic rings. The maximum atomic E-state index is 4.92. The quantitative estimate of drug-likeness (QED) is 0.200. The van der Waals surface area contributed by atoms with Crippen LogP contribution in [0.3, 0.4) is 0 Å². The van der Waals surface area contributed by atoms with Crippen molar-refractivity contribution in [1.82, 2.24) is 0 Å². The molecule has 0 bridgehead atoms. The zero-order valence-electron chi connectivity index (χ0n) is 22.7. The number of nitrogens with zero attached hydrogens (tertiary/aromatic N) is 3. The van der Waals surface area contributed by atoms with Crippen LogP contribution in [0.5, 0.6) is 0 Å². The number of rotatable bonds is 8. The Kier molecular flexibility index (Phi) is 13.0. The summed E-state index contributed by atoms with van der Waals surface area (Å²) < 4.78 is 0. The SMILES string of the molecule is CC(C)c1cccc(C(C)C)c1N=CC1=CCC(C=Nc2c(C(C)C)cccc2C(C)C)=N1.[Br][Fe][Br]. The fraction of sp³-hybridized carbons (Fsp3) is 0.433. The van der Waals surface area contributed by atoms with Gasteiger partial charge in [0.2, 0.25) is 0 Å². The Balaban J connectivity index is 0.00000145. The molecule has 0 saturated carbocycles. The molecule has 3 rings (SSSR count). The second kappa shape index (κ2) is 15.2. The Morgan fingerprint density at radius 1 is 0.694 bits per heavy atom. The van der Waals surface area contributed by atoms with Gasteiger partial charge in [-0.25, -0.2) is 0 Å². The summed E-state index contributed by atoms with van der Waals surface area (Å²) in [7, 11) is 0. The number of hydrogen-bond donors (Lipinski definition) is 0. The van der Waals surface area contributed by atoms with E-state index < -0.39 is 0 Å². The molecule has 0 saturated heterocycles. The monoisotopic (exact) mass is 655 g/mol. The molecule has 36 heavy (non-hydrogen) atoms. The second-order valence-electron chi connectivity index (χ2n) is 10.2. The van der Waals surface area contributed by atoms with Gasteiger partial charge in [0.15, 0.2) is 0 Å². The van der Waals surface area contributed by atoms with Crippen molar-refractivity contribution in [1.29, 1.82) is 0 Å². The molecule has 1 aliphatic heterocycles. The number of aliphatic imine (C=N–C) groups is 3. The molecule has 6 heteroatoms. The molecule has 0 aliphatic carbocycles. The zero-order chi connectivity index (χ0) is 26.8. The van der Waals surface area contributed by atoms with Crippen molar-refractivity contribution in [2.24, 2.45) is 15.0 Å². The minimum atomic E-state index is 0.427. The van der Waals surface area contributed by atoms with Crippen molar-refractivity contribution in [3.63, 3.8) is 0 Å². The maximum absolute atomic E-state index is 4.92. The van der Waals surface area contributed by atoms with Crippen molar-refractivity contribution in [3.8, 4) is 0 Å². The standard InChI is InChI=1S/C30H39N3.2BrH.Fe/c1-19(2)25-11-9-12-26(20(3)4)29(25)31-17-23-15-16-24(33-23)18-32-30-27(21(5)6)13-10-14-28(30)22(7)8;;;/h9-15,17-22H,16H2,1-8H3;2*1H;/q;;;+2/p-2. The average Bonchev–Trinajstić information content (AvgIpc) is 3.28. The van der Waals surface area contributed by atoms with Gasteiger partial charge in [-0.3, -0.25) is 15.0 Å². The van der Waals surface area contributed by atoms with E-state index in [0.29, 0.717) is 23.7 Å². The van der Waals surface area contributed by atoms with Crippen molar-refractivity contribution >= 4 is 57.7 Å². The summed E-state index contributed by atoms with van der Waals surface area (Å²) in [6.07, 6.45) is 6.77. The van der Waals surface area contributed by atoms with Crippen LogP contribution in [0.15, 0.2) is 63.1 Å². The van der Waals surface area contributed by atoms with E-state index in [4.69, 9.17) is 15.0 Å². The Labute approximate surface area is 238 Å². The number of para-hydroxylation sites is 2. The second-order valence-corrected chi connectivity index (χ2v) is 15.8. The third-order valence-electron chi connectivity index (χ3n) is 6.15. The number of benzene rings is 2. The van der Waals surface area contributed by atoms with Crippen molar-refractivity contribution in [3.05, 3.63) is 70.4 Å². The third kappa shape index (κ3) is 8.62. The van der Waals surface area contributed by atoms with Gasteiger partial charge in [0.05, 0.1) is 29.0 Å². The Hall–Kier alpha value is -1.33. The van der Waals surface area contributed by atoms with Crippen LogP contribution < -0.4 is 0 Å². The molecule has 0 atom stereocenters. The molecule has 0 aromatic heterocycles. The first kappa shape index (κ1) is 30.9. The minimum absolute atomic E-state index is 0.427. The summed E-state index contributed by atoms with van der Waals surface area (Å²) in [5, 5.41) is 0. The van der Waals surface area contributed by atoms with Gasteiger partial charge in [-0.1, -0.05) is 97.9 Å². The topological polar surface area (TPSA) is 37.1 Å². The van der Waals surface area contributed by atoms with E-state index >= 15 is 0 Å². The van der Waals surface area contributed by atoms with Gasteiger partial charge in [0, 0.05) is 12.6 Å². The van der Waals surface area contributed by atoms with Crippen LogP contribution in [0.1, 0.15) is 108 Å². The van der Waals surface area contributed by atoms with Gasteiger partial charge in [0.25, 0.3) is 0 Å². The molecule has 0 radical (unpaired) electrons. The van der Waals surface area contributed by atoms with Crippen molar-refractivity contribution < 1.29 is 11.3 Å². The predicted molar refractivity (Wildman–Crippen MR) is 164 cm³/mol. The van der Waals surface area contributed by atoms with Crippen LogP contribution in [0.2, 0.25) is 0 Å². The fourth-order valence-corrected chi connectivity index (χ4v) is 4.22. The first-order valence-corrected chi connectivity index (χ1v) is 18.0. The van der Waals surface area contributed by atoms with E-state index in [1.807, 2.05) is 12.4 Å². The first-order valence-electron chi connectivity index (χ1n) is 12.6. The van der Waals surface area contributed by atoms with E-state index in [0.717, 1.165) is 40.5 Å². The first-order chi connectivity index (χ1) is 17.1. The van der Waals surface area contributed by atoms with E-state index in [1.165, 1.54) is 22.3 Å². The Bertz CT molecular complexity index is 1080. The summed E-state index contributed by atoms with van der Waals surface area (Å²) in [4.78, 5) is 14.6. The number of halogens is 2. The molecule has 0 amide bonds. The Morgan fingerprint density at radius 2 is 1.06 bits per heavy atom. The molecule has 3 nitrogen and oxygen atoms in total. The van der Waals surface area contributed by atoms with Gasteiger partial charge in [0.1, 0.15) is 0 Å². The summed E-state index contributed by atoms with van der Waals surface area (Å²) in [6, 6.07) is 13.0. The summed E-state index contributed by atoms with van der Waals surface area (Å²) in [5.41, 5.74) is 9.22. The van der Waals surface area contributed by atoms with E-state index in [2.05, 4.69) is 126 Å². The molecule has 1 heterocycles. The number of hydrogen-bond acceptors (Lipinski definition) is 3. The fourth-order valence-electron chi connectivity index (χ4n) is 4.22. The molecule has 0 spiro atoms. The van der Waals surface area contributed by atoms with Crippen LogP contribution >= 0.6 is 28.2 Å². The van der Waals surface area contributed by atoms with Gasteiger partial charge in [-0.2, -0.15) is 0 Å². The van der Waals surface area contributed by atoms with E-state index in [-0.39, 0.29) is 0 Å². The third-order valence-corrected chi connectivity index (χ3v) is 6.15. The van der Waals surface area contributed by atoms with Gasteiger partial charge in [-0.05, 0) is 45.9 Å². The van der Waals surface area contributed by atoms with Gasteiger partial charge in [-0.15, -0.1) is 0 Å². The number of allylic oxidation sites excluding steroid dienone is 2.